The molecule has 0 radical (unpaired) electrons. The van der Waals surface area contributed by atoms with Crippen LogP contribution < -0.4 is 5.32 Å². The number of carbonyl (C=O) groups is 1. The van der Waals surface area contributed by atoms with Gasteiger partial charge in [-0.1, -0.05) is 24.3 Å². The predicted molar refractivity (Wildman–Crippen MR) is 86.8 cm³/mol. The molecule has 21 heavy (non-hydrogen) atoms. The number of hydrogen-bond donors (Lipinski definition) is 1. The van der Waals surface area contributed by atoms with Gasteiger partial charge in [0.25, 0.3) is 5.91 Å². The molecule has 4 nitrogen and oxygen atoms in total. The molecule has 2 aromatic rings. The Balaban J connectivity index is 2.05. The second-order valence-electron chi connectivity index (χ2n) is 5.80. The highest BCUT2D eigenvalue weighted by atomic mass is 32.2. The van der Waals surface area contributed by atoms with Crippen molar-refractivity contribution < 1.29 is 9.00 Å². The van der Waals surface area contributed by atoms with Crippen LogP contribution in [0, 0.1) is 0 Å². The Bertz CT molecular complexity index is 672. The zero-order valence-electron chi connectivity index (χ0n) is 12.6. The average molecular weight is 304 g/mol. The van der Waals surface area contributed by atoms with Gasteiger partial charge in [0.1, 0.15) is 5.69 Å². The minimum atomic E-state index is -0.972. The monoisotopic (exact) mass is 304 g/mol. The van der Waals surface area contributed by atoms with Gasteiger partial charge in [0, 0.05) is 39.4 Å². The Morgan fingerprint density at radius 1 is 1.24 bits per heavy atom. The molecule has 0 fully saturated rings. The van der Waals surface area contributed by atoms with Gasteiger partial charge >= 0.3 is 0 Å². The van der Waals surface area contributed by atoms with Crippen LogP contribution >= 0.6 is 0 Å². The maximum atomic E-state index is 12.2. The van der Waals surface area contributed by atoms with Gasteiger partial charge in [-0.3, -0.25) is 14.0 Å². The summed E-state index contributed by atoms with van der Waals surface area (Å²) in [5, 5.41) is 4.61. The van der Waals surface area contributed by atoms with E-state index in [0.717, 1.165) is 10.8 Å². The molecule has 1 heterocycles. The highest BCUT2D eigenvalue weighted by Gasteiger charge is 2.19. The van der Waals surface area contributed by atoms with Gasteiger partial charge in [-0.15, -0.1) is 0 Å². The van der Waals surface area contributed by atoms with E-state index in [1.807, 2.05) is 51.1 Å². The third-order valence-corrected chi connectivity index (χ3v) is 5.09. The van der Waals surface area contributed by atoms with Gasteiger partial charge in [0.15, 0.2) is 0 Å². The van der Waals surface area contributed by atoms with E-state index in [4.69, 9.17) is 0 Å². The molecule has 0 aliphatic heterocycles. The fourth-order valence-electron chi connectivity index (χ4n) is 1.95. The van der Waals surface area contributed by atoms with Crippen molar-refractivity contribution in [1.82, 2.24) is 10.3 Å². The number of hydrogen-bond acceptors (Lipinski definition) is 3. The van der Waals surface area contributed by atoms with Crippen molar-refractivity contribution in [2.75, 3.05) is 12.3 Å². The normalized spacial score (nSPS) is 13.1. The maximum absolute atomic E-state index is 12.2. The summed E-state index contributed by atoms with van der Waals surface area (Å²) < 4.78 is 11.7. The van der Waals surface area contributed by atoms with Gasteiger partial charge in [0.05, 0.1) is 0 Å². The molecular weight excluding hydrogens is 284 g/mol. The number of carbonyl (C=O) groups excluding carboxylic acids is 1. The minimum Gasteiger partial charge on any atom is -0.350 e. The lowest BCUT2D eigenvalue weighted by atomic mass is 10.1. The highest BCUT2D eigenvalue weighted by Crippen LogP contribution is 2.16. The van der Waals surface area contributed by atoms with Crippen molar-refractivity contribution in [3.63, 3.8) is 0 Å². The van der Waals surface area contributed by atoms with Crippen LogP contribution in [0.5, 0.6) is 0 Å². The van der Waals surface area contributed by atoms with E-state index in [2.05, 4.69) is 10.3 Å². The van der Waals surface area contributed by atoms with E-state index < -0.39 is 10.8 Å². The minimum absolute atomic E-state index is 0.224. The Kier molecular flexibility index (Phi) is 4.73. The Labute approximate surface area is 127 Å². The molecule has 1 atom stereocenters. The molecular formula is C16H20N2O2S. The number of pyridine rings is 1. The van der Waals surface area contributed by atoms with Crippen molar-refractivity contribution in [2.24, 2.45) is 0 Å². The Hall–Kier alpha value is -1.75. The molecule has 0 saturated heterocycles. The van der Waals surface area contributed by atoms with Gasteiger partial charge in [0.2, 0.25) is 0 Å². The first-order valence-electron chi connectivity index (χ1n) is 6.90. The van der Waals surface area contributed by atoms with Crippen molar-refractivity contribution in [3.05, 3.63) is 42.2 Å². The van der Waals surface area contributed by atoms with Crippen LogP contribution in [-0.4, -0.2) is 32.1 Å². The van der Waals surface area contributed by atoms with Gasteiger partial charge < -0.3 is 5.32 Å². The topological polar surface area (TPSA) is 59.1 Å². The smallest absolute Gasteiger partial charge is 0.270 e. The van der Waals surface area contributed by atoms with E-state index in [1.54, 1.807) is 6.20 Å². The van der Waals surface area contributed by atoms with E-state index in [9.17, 15) is 9.00 Å². The van der Waals surface area contributed by atoms with E-state index in [-0.39, 0.29) is 10.7 Å². The average Bonchev–Trinajstić information content (AvgIpc) is 2.45. The van der Waals surface area contributed by atoms with Crippen LogP contribution in [-0.2, 0) is 10.8 Å². The van der Waals surface area contributed by atoms with Crippen LogP contribution in [0.25, 0.3) is 10.8 Å². The van der Waals surface area contributed by atoms with Crippen LogP contribution in [0.2, 0.25) is 0 Å². The number of amides is 1. The van der Waals surface area contributed by atoms with Crippen LogP contribution in [0.1, 0.15) is 31.3 Å². The highest BCUT2D eigenvalue weighted by molar-refractivity contribution is 7.86. The number of nitrogens with one attached hydrogen (secondary N) is 1. The fraction of sp³-hybridized carbons (Fsp3) is 0.375. The third kappa shape index (κ3) is 3.88. The summed E-state index contributed by atoms with van der Waals surface area (Å²) in [5.74, 6) is 0.220. The van der Waals surface area contributed by atoms with Crippen molar-refractivity contribution >= 4 is 27.5 Å². The Morgan fingerprint density at radius 2 is 1.95 bits per heavy atom. The molecule has 0 saturated carbocycles. The first-order chi connectivity index (χ1) is 9.89. The van der Waals surface area contributed by atoms with Gasteiger partial charge in [-0.25, -0.2) is 0 Å². The third-order valence-electron chi connectivity index (χ3n) is 3.14. The van der Waals surface area contributed by atoms with Crippen LogP contribution in [0.3, 0.4) is 0 Å². The van der Waals surface area contributed by atoms with Crippen LogP contribution in [0.4, 0.5) is 0 Å². The summed E-state index contributed by atoms with van der Waals surface area (Å²) in [6, 6.07) is 9.51. The van der Waals surface area contributed by atoms with Gasteiger partial charge in [-0.2, -0.15) is 0 Å². The zero-order valence-corrected chi connectivity index (χ0v) is 13.4. The summed E-state index contributed by atoms with van der Waals surface area (Å²) in [6.45, 7) is 6.17. The quantitative estimate of drug-likeness (QED) is 0.944. The van der Waals surface area contributed by atoms with Crippen LogP contribution in [0.15, 0.2) is 36.5 Å². The maximum Gasteiger partial charge on any atom is 0.270 e. The molecule has 0 aliphatic rings. The lowest BCUT2D eigenvalue weighted by Gasteiger charge is -2.17. The summed E-state index contributed by atoms with van der Waals surface area (Å²) in [5.41, 5.74) is 0.412. The molecule has 2 rings (SSSR count). The molecule has 0 unspecified atom stereocenters. The summed E-state index contributed by atoms with van der Waals surface area (Å²) in [4.78, 5) is 16.4. The molecule has 1 aromatic heterocycles. The SMILES string of the molecule is CC(C)(C)[S@@](=O)CCNC(=O)c1nccc2ccccc12. The van der Waals surface area contributed by atoms with Crippen molar-refractivity contribution in [1.29, 1.82) is 0 Å². The molecule has 0 aliphatic carbocycles. The van der Waals surface area contributed by atoms with Crippen molar-refractivity contribution in [3.8, 4) is 0 Å². The standard InChI is InChI=1S/C16H20N2O2S/c1-16(2,3)21(20)11-10-18-15(19)14-13-7-5-4-6-12(13)8-9-17-14/h4-9H,10-11H2,1-3H3,(H,18,19)/t21-/m0/s1. The number of rotatable bonds is 4. The number of fused-ring (bicyclic) bond motifs is 1. The zero-order chi connectivity index (χ0) is 15.5. The lowest BCUT2D eigenvalue weighted by Crippen LogP contribution is -2.33. The summed E-state index contributed by atoms with van der Waals surface area (Å²) >= 11 is 0. The fourth-order valence-corrected chi connectivity index (χ4v) is 2.85. The second-order valence-corrected chi connectivity index (χ2v) is 8.12. The van der Waals surface area contributed by atoms with E-state index in [0.29, 0.717) is 18.0 Å². The first-order valence-corrected chi connectivity index (χ1v) is 8.22. The number of nitrogens with zero attached hydrogens (tertiary/aromatic N) is 1. The summed E-state index contributed by atoms with van der Waals surface area (Å²) in [6.07, 6.45) is 1.63. The molecule has 1 amide bonds. The van der Waals surface area contributed by atoms with Crippen molar-refractivity contribution in [2.45, 2.75) is 25.5 Å². The summed E-state index contributed by atoms with van der Waals surface area (Å²) in [7, 11) is -0.972. The van der Waals surface area contributed by atoms with Gasteiger partial charge in [-0.05, 0) is 32.2 Å². The van der Waals surface area contributed by atoms with E-state index >= 15 is 0 Å². The largest absolute Gasteiger partial charge is 0.350 e. The molecule has 5 heteroatoms. The molecule has 1 aromatic carbocycles. The molecule has 1 N–H and O–H groups in total. The molecule has 0 spiro atoms. The predicted octanol–water partition coefficient (Wildman–Crippen LogP) is 2.51. The number of benzene rings is 1. The Morgan fingerprint density at radius 3 is 2.67 bits per heavy atom. The number of aromatic nitrogens is 1. The first kappa shape index (κ1) is 15.6. The molecule has 112 valence electrons. The second kappa shape index (κ2) is 6.35. The lowest BCUT2D eigenvalue weighted by molar-refractivity contribution is 0.0953. The molecule has 0 bridgehead atoms. The van der Waals surface area contributed by atoms with E-state index in [1.165, 1.54) is 0 Å².